The highest BCUT2D eigenvalue weighted by atomic mass is 16.4. The summed E-state index contributed by atoms with van der Waals surface area (Å²) in [6.07, 6.45) is -0.00531. The maximum absolute atomic E-state index is 11.4. The molecule has 0 aromatic rings. The van der Waals surface area contributed by atoms with E-state index in [0.29, 0.717) is 19.1 Å². The van der Waals surface area contributed by atoms with Gasteiger partial charge in [-0.05, 0) is 20.9 Å². The van der Waals surface area contributed by atoms with Crippen LogP contribution in [0.25, 0.3) is 0 Å². The Kier molecular flexibility index (Phi) is 8.06. The molecule has 7 nitrogen and oxygen atoms in total. The summed E-state index contributed by atoms with van der Waals surface area (Å²) in [5.41, 5.74) is 0. The molecular weight excluding hydrogens is 238 g/mol. The number of carbonyl (C=O) groups excluding carboxylic acids is 1. The van der Waals surface area contributed by atoms with Crippen molar-refractivity contribution in [3.63, 3.8) is 0 Å². The zero-order valence-electron chi connectivity index (χ0n) is 11.1. The Hall–Kier alpha value is -1.34. The smallest absolute Gasteiger partial charge is 0.326 e. The highest BCUT2D eigenvalue weighted by molar-refractivity contribution is 5.82. The Morgan fingerprint density at radius 2 is 1.94 bits per heavy atom. The maximum Gasteiger partial charge on any atom is 0.326 e. The van der Waals surface area contributed by atoms with Gasteiger partial charge in [0.15, 0.2) is 0 Å². The molecule has 18 heavy (non-hydrogen) atoms. The molecule has 0 aliphatic rings. The summed E-state index contributed by atoms with van der Waals surface area (Å²) in [5, 5.41) is 22.3. The van der Waals surface area contributed by atoms with Crippen LogP contribution in [0, 0.1) is 0 Å². The van der Waals surface area contributed by atoms with Gasteiger partial charge in [-0.2, -0.15) is 0 Å². The standard InChI is InChI=1S/C11H23N3O4/c1-8(2)14(3)6-5-12-11(18)13-9(4-7-15)10(16)17/h8-9,15H,4-7H2,1-3H3,(H,16,17)(H2,12,13,18)/t9-/m1/s1. The predicted octanol–water partition coefficient (Wildman–Crippen LogP) is -0.539. The van der Waals surface area contributed by atoms with E-state index in [1.54, 1.807) is 0 Å². The van der Waals surface area contributed by atoms with Crippen LogP contribution in [-0.2, 0) is 4.79 Å². The second-order valence-corrected chi connectivity index (χ2v) is 4.38. The van der Waals surface area contributed by atoms with Crippen LogP contribution in [0.1, 0.15) is 20.3 Å². The largest absolute Gasteiger partial charge is 0.480 e. The summed E-state index contributed by atoms with van der Waals surface area (Å²) in [5.74, 6) is -1.15. The molecule has 0 rings (SSSR count). The number of urea groups is 1. The van der Waals surface area contributed by atoms with E-state index in [1.807, 2.05) is 20.9 Å². The number of nitrogens with zero attached hydrogens (tertiary/aromatic N) is 1. The number of hydrogen-bond acceptors (Lipinski definition) is 4. The molecule has 0 aromatic heterocycles. The lowest BCUT2D eigenvalue weighted by Gasteiger charge is -2.21. The summed E-state index contributed by atoms with van der Waals surface area (Å²) >= 11 is 0. The van der Waals surface area contributed by atoms with Gasteiger partial charge in [-0.15, -0.1) is 0 Å². The van der Waals surface area contributed by atoms with Crippen molar-refractivity contribution in [1.82, 2.24) is 15.5 Å². The maximum atomic E-state index is 11.4. The van der Waals surface area contributed by atoms with E-state index in [2.05, 4.69) is 15.5 Å². The van der Waals surface area contributed by atoms with Crippen LogP contribution in [0.15, 0.2) is 0 Å². The minimum absolute atomic E-state index is 0.00531. The quantitative estimate of drug-likeness (QED) is 0.470. The predicted molar refractivity (Wildman–Crippen MR) is 67.4 cm³/mol. The first kappa shape index (κ1) is 16.7. The van der Waals surface area contributed by atoms with Crippen molar-refractivity contribution in [2.75, 3.05) is 26.7 Å². The summed E-state index contributed by atoms with van der Waals surface area (Å²) in [6, 6.07) is -1.21. The Labute approximate surface area is 107 Å². The number of amides is 2. The molecule has 0 aliphatic heterocycles. The minimum Gasteiger partial charge on any atom is -0.480 e. The molecule has 4 N–H and O–H groups in total. The number of carboxylic acid groups (broad SMARTS) is 1. The van der Waals surface area contributed by atoms with Gasteiger partial charge in [0.1, 0.15) is 6.04 Å². The lowest BCUT2D eigenvalue weighted by molar-refractivity contribution is -0.139. The Morgan fingerprint density at radius 3 is 2.39 bits per heavy atom. The van der Waals surface area contributed by atoms with E-state index in [-0.39, 0.29) is 13.0 Å². The molecule has 0 aromatic carbocycles. The molecule has 7 heteroatoms. The van der Waals surface area contributed by atoms with Crippen molar-refractivity contribution in [1.29, 1.82) is 0 Å². The van der Waals surface area contributed by atoms with E-state index in [9.17, 15) is 9.59 Å². The highest BCUT2D eigenvalue weighted by Gasteiger charge is 2.18. The van der Waals surface area contributed by atoms with Gasteiger partial charge < -0.3 is 25.7 Å². The number of rotatable bonds is 8. The first-order valence-corrected chi connectivity index (χ1v) is 5.96. The summed E-state index contributed by atoms with van der Waals surface area (Å²) in [7, 11) is 1.94. The van der Waals surface area contributed by atoms with Crippen molar-refractivity contribution < 1.29 is 19.8 Å². The van der Waals surface area contributed by atoms with Gasteiger partial charge in [0.05, 0.1) is 0 Å². The SMILES string of the molecule is CC(C)N(C)CCNC(=O)N[C@H](CCO)C(=O)O. The Balaban J connectivity index is 3.92. The number of carboxylic acids is 1. The van der Waals surface area contributed by atoms with Crippen LogP contribution in [0.4, 0.5) is 4.79 Å². The van der Waals surface area contributed by atoms with E-state index in [1.165, 1.54) is 0 Å². The first-order valence-electron chi connectivity index (χ1n) is 5.96. The number of aliphatic carboxylic acids is 1. The minimum atomic E-state index is -1.15. The molecular formula is C11H23N3O4. The number of carbonyl (C=O) groups is 2. The molecule has 0 spiro atoms. The number of aliphatic hydroxyl groups excluding tert-OH is 1. The number of likely N-dealkylation sites (N-methyl/N-ethyl adjacent to an activating group) is 1. The van der Waals surface area contributed by atoms with Gasteiger partial charge >= 0.3 is 12.0 Å². The number of aliphatic hydroxyl groups is 1. The van der Waals surface area contributed by atoms with E-state index < -0.39 is 18.0 Å². The fraction of sp³-hybridized carbons (Fsp3) is 0.818. The van der Waals surface area contributed by atoms with Crippen LogP contribution in [0.3, 0.4) is 0 Å². The lowest BCUT2D eigenvalue weighted by Crippen LogP contribution is -2.48. The van der Waals surface area contributed by atoms with Crippen LogP contribution in [0.5, 0.6) is 0 Å². The van der Waals surface area contributed by atoms with Crippen molar-refractivity contribution in [2.45, 2.75) is 32.4 Å². The molecule has 0 radical (unpaired) electrons. The molecule has 0 aliphatic carbocycles. The fourth-order valence-corrected chi connectivity index (χ4v) is 1.20. The second kappa shape index (κ2) is 8.71. The fourth-order valence-electron chi connectivity index (χ4n) is 1.20. The van der Waals surface area contributed by atoms with Gasteiger partial charge in [0.25, 0.3) is 0 Å². The van der Waals surface area contributed by atoms with Crippen LogP contribution in [-0.4, -0.2) is 65.9 Å². The van der Waals surface area contributed by atoms with Gasteiger partial charge in [-0.1, -0.05) is 0 Å². The van der Waals surface area contributed by atoms with Crippen LogP contribution < -0.4 is 10.6 Å². The molecule has 0 heterocycles. The summed E-state index contributed by atoms with van der Waals surface area (Å²) in [6.45, 7) is 4.92. The van der Waals surface area contributed by atoms with Crippen molar-refractivity contribution in [2.24, 2.45) is 0 Å². The van der Waals surface area contributed by atoms with Gasteiger partial charge in [-0.3, -0.25) is 0 Å². The van der Waals surface area contributed by atoms with Gasteiger partial charge in [0.2, 0.25) is 0 Å². The highest BCUT2D eigenvalue weighted by Crippen LogP contribution is 1.92. The van der Waals surface area contributed by atoms with Gasteiger partial charge in [0, 0.05) is 32.2 Å². The molecule has 0 bridgehead atoms. The lowest BCUT2D eigenvalue weighted by atomic mass is 10.2. The molecule has 106 valence electrons. The van der Waals surface area contributed by atoms with Crippen LogP contribution in [0.2, 0.25) is 0 Å². The molecule has 0 unspecified atom stereocenters. The zero-order valence-corrected chi connectivity index (χ0v) is 11.1. The number of hydrogen-bond donors (Lipinski definition) is 4. The van der Waals surface area contributed by atoms with Crippen molar-refractivity contribution >= 4 is 12.0 Å². The van der Waals surface area contributed by atoms with Crippen molar-refractivity contribution in [3.05, 3.63) is 0 Å². The normalized spacial score (nSPS) is 12.6. The third-order valence-electron chi connectivity index (χ3n) is 2.65. The number of nitrogens with one attached hydrogen (secondary N) is 2. The topological polar surface area (TPSA) is 102 Å². The average molecular weight is 261 g/mol. The third kappa shape index (κ3) is 7.08. The van der Waals surface area contributed by atoms with Crippen LogP contribution >= 0.6 is 0 Å². The second-order valence-electron chi connectivity index (χ2n) is 4.38. The van der Waals surface area contributed by atoms with E-state index in [0.717, 1.165) is 0 Å². The monoisotopic (exact) mass is 261 g/mol. The molecule has 2 amide bonds. The van der Waals surface area contributed by atoms with Crippen molar-refractivity contribution in [3.8, 4) is 0 Å². The van der Waals surface area contributed by atoms with E-state index >= 15 is 0 Å². The zero-order chi connectivity index (χ0) is 14.1. The van der Waals surface area contributed by atoms with E-state index in [4.69, 9.17) is 10.2 Å². The summed E-state index contributed by atoms with van der Waals surface area (Å²) < 4.78 is 0. The molecule has 0 fully saturated rings. The molecule has 1 atom stereocenters. The molecule has 0 saturated heterocycles. The summed E-state index contributed by atoms with van der Waals surface area (Å²) in [4.78, 5) is 24.2. The molecule has 0 saturated carbocycles. The third-order valence-corrected chi connectivity index (χ3v) is 2.65. The first-order chi connectivity index (χ1) is 8.38. The average Bonchev–Trinajstić information content (AvgIpc) is 2.27. The Bertz CT molecular complexity index is 271. The Morgan fingerprint density at radius 1 is 1.33 bits per heavy atom. The van der Waals surface area contributed by atoms with Gasteiger partial charge in [-0.25, -0.2) is 9.59 Å².